The highest BCUT2D eigenvalue weighted by atomic mass is 16.2. The minimum Gasteiger partial charge on any atom is -0.341 e. The number of carbonyl (C=O) groups excluding carboxylic acids is 2. The number of hydrogen-bond donors (Lipinski definition) is 3. The van der Waals surface area contributed by atoms with Gasteiger partial charge in [-0.25, -0.2) is 4.79 Å². The molecular formula is C24H25N3O3. The van der Waals surface area contributed by atoms with Crippen molar-refractivity contribution in [3.63, 3.8) is 0 Å². The summed E-state index contributed by atoms with van der Waals surface area (Å²) in [5.41, 5.74) is 2.33. The van der Waals surface area contributed by atoms with Gasteiger partial charge in [0.1, 0.15) is 0 Å². The van der Waals surface area contributed by atoms with Crippen LogP contribution < -0.4 is 16.2 Å². The van der Waals surface area contributed by atoms with Gasteiger partial charge in [0.2, 0.25) is 5.91 Å². The summed E-state index contributed by atoms with van der Waals surface area (Å²) in [6.45, 7) is 0. The molecule has 3 aromatic rings. The zero-order valence-electron chi connectivity index (χ0n) is 16.9. The third kappa shape index (κ3) is 4.13. The van der Waals surface area contributed by atoms with Crippen LogP contribution in [0.4, 0.5) is 4.79 Å². The molecule has 0 unspecified atom stereocenters. The average Bonchev–Trinajstić information content (AvgIpc) is 2.78. The summed E-state index contributed by atoms with van der Waals surface area (Å²) in [5, 5.41) is 7.03. The van der Waals surface area contributed by atoms with Gasteiger partial charge in [0.25, 0.3) is 5.56 Å². The minimum atomic E-state index is -0.500. The average molecular weight is 403 g/mol. The maximum atomic E-state index is 12.9. The Morgan fingerprint density at radius 3 is 2.57 bits per heavy atom. The van der Waals surface area contributed by atoms with E-state index in [1.165, 1.54) is 7.05 Å². The molecule has 2 aromatic carbocycles. The second-order valence-corrected chi connectivity index (χ2v) is 7.85. The molecule has 0 spiro atoms. The van der Waals surface area contributed by atoms with E-state index in [9.17, 15) is 14.4 Å². The molecule has 4 rings (SSSR count). The number of pyridine rings is 1. The van der Waals surface area contributed by atoms with Crippen LogP contribution in [0.15, 0.2) is 59.4 Å². The molecule has 154 valence electrons. The van der Waals surface area contributed by atoms with Crippen molar-refractivity contribution in [3.8, 4) is 11.3 Å². The standard InChI is InChI=1S/C24H25N3O3/c1-25-24(30)27-22(28)19-8-4-7-17(14-19)20-11-12-21(26-23(20)29)18-10-9-15-5-2-3-6-16(15)13-18/h2-3,5-6,9-13,17,19H,4,7-8,14H2,1H3,(H,26,29)(H2,25,27,28,30)/t17-,19-/m0/s1. The molecular weight excluding hydrogens is 378 g/mol. The molecule has 3 N–H and O–H groups in total. The molecule has 2 atom stereocenters. The summed E-state index contributed by atoms with van der Waals surface area (Å²) in [6.07, 6.45) is 3.01. The zero-order valence-corrected chi connectivity index (χ0v) is 16.9. The van der Waals surface area contributed by atoms with Gasteiger partial charge < -0.3 is 10.3 Å². The van der Waals surface area contributed by atoms with Crippen LogP contribution >= 0.6 is 0 Å². The van der Waals surface area contributed by atoms with Crippen LogP contribution in [0.3, 0.4) is 0 Å². The monoisotopic (exact) mass is 403 g/mol. The van der Waals surface area contributed by atoms with Crippen molar-refractivity contribution in [2.75, 3.05) is 7.05 Å². The van der Waals surface area contributed by atoms with E-state index in [-0.39, 0.29) is 23.3 Å². The normalized spacial score (nSPS) is 18.7. The number of fused-ring (bicyclic) bond motifs is 1. The molecule has 0 saturated heterocycles. The number of hydrogen-bond acceptors (Lipinski definition) is 3. The number of imide groups is 1. The van der Waals surface area contributed by atoms with Crippen molar-refractivity contribution in [3.05, 3.63) is 70.5 Å². The molecule has 1 heterocycles. The summed E-state index contributed by atoms with van der Waals surface area (Å²) in [5.74, 6) is -0.530. The summed E-state index contributed by atoms with van der Waals surface area (Å²) >= 11 is 0. The van der Waals surface area contributed by atoms with E-state index in [0.29, 0.717) is 12.0 Å². The van der Waals surface area contributed by atoms with Crippen LogP contribution in [0.2, 0.25) is 0 Å². The lowest BCUT2D eigenvalue weighted by atomic mass is 9.78. The SMILES string of the molecule is CNC(=O)NC(=O)[C@H]1CCC[C@H](c2ccc(-c3ccc4ccccc4c3)[nH]c2=O)C1. The zero-order chi connectivity index (χ0) is 21.1. The number of carbonyl (C=O) groups is 2. The molecule has 1 aliphatic rings. The number of rotatable bonds is 3. The maximum Gasteiger partial charge on any atom is 0.321 e. The Morgan fingerprint density at radius 2 is 1.80 bits per heavy atom. The Hall–Kier alpha value is -3.41. The van der Waals surface area contributed by atoms with Gasteiger partial charge in [0.15, 0.2) is 0 Å². The van der Waals surface area contributed by atoms with E-state index in [4.69, 9.17) is 0 Å². The van der Waals surface area contributed by atoms with Crippen LogP contribution in [0.25, 0.3) is 22.0 Å². The van der Waals surface area contributed by atoms with Gasteiger partial charge in [-0.1, -0.05) is 48.9 Å². The molecule has 0 aliphatic heterocycles. The number of aromatic amines is 1. The molecule has 1 aromatic heterocycles. The molecule has 1 aliphatic carbocycles. The second kappa shape index (κ2) is 8.53. The highest BCUT2D eigenvalue weighted by Crippen LogP contribution is 2.35. The minimum absolute atomic E-state index is 0.00795. The highest BCUT2D eigenvalue weighted by Gasteiger charge is 2.30. The summed E-state index contributed by atoms with van der Waals surface area (Å²) < 4.78 is 0. The first kappa shape index (κ1) is 19.9. The predicted molar refractivity (Wildman–Crippen MR) is 117 cm³/mol. The van der Waals surface area contributed by atoms with Gasteiger partial charge >= 0.3 is 6.03 Å². The fraction of sp³-hybridized carbons (Fsp3) is 0.292. The van der Waals surface area contributed by atoms with Crippen molar-refractivity contribution >= 4 is 22.7 Å². The third-order valence-corrected chi connectivity index (χ3v) is 5.95. The fourth-order valence-electron chi connectivity index (χ4n) is 4.32. The first-order valence-electron chi connectivity index (χ1n) is 10.3. The highest BCUT2D eigenvalue weighted by molar-refractivity contribution is 5.95. The largest absolute Gasteiger partial charge is 0.341 e. The first-order valence-corrected chi connectivity index (χ1v) is 10.3. The Labute approximate surface area is 174 Å². The van der Waals surface area contributed by atoms with Crippen molar-refractivity contribution in [2.45, 2.75) is 31.6 Å². The van der Waals surface area contributed by atoms with Crippen molar-refractivity contribution in [2.24, 2.45) is 5.92 Å². The maximum absolute atomic E-state index is 12.9. The number of benzene rings is 2. The third-order valence-electron chi connectivity index (χ3n) is 5.95. The molecule has 30 heavy (non-hydrogen) atoms. The van der Waals surface area contributed by atoms with Gasteiger partial charge in [0, 0.05) is 24.2 Å². The summed E-state index contributed by atoms with van der Waals surface area (Å²) in [7, 11) is 1.48. The number of amides is 3. The molecule has 6 heteroatoms. The summed E-state index contributed by atoms with van der Waals surface area (Å²) in [4.78, 5) is 39.6. The fourth-order valence-corrected chi connectivity index (χ4v) is 4.32. The lowest BCUT2D eigenvalue weighted by Crippen LogP contribution is -2.42. The number of nitrogens with one attached hydrogen (secondary N) is 3. The summed E-state index contributed by atoms with van der Waals surface area (Å²) in [6, 6.07) is 17.6. The molecule has 1 fully saturated rings. The lowest BCUT2D eigenvalue weighted by Gasteiger charge is -2.28. The van der Waals surface area contributed by atoms with E-state index >= 15 is 0 Å². The van der Waals surface area contributed by atoms with Gasteiger partial charge in [-0.15, -0.1) is 0 Å². The van der Waals surface area contributed by atoms with E-state index in [2.05, 4.69) is 33.8 Å². The molecule has 6 nitrogen and oxygen atoms in total. The van der Waals surface area contributed by atoms with Crippen molar-refractivity contribution in [1.29, 1.82) is 0 Å². The van der Waals surface area contributed by atoms with Crippen LogP contribution in [0.1, 0.15) is 37.2 Å². The van der Waals surface area contributed by atoms with Crippen LogP contribution in [-0.4, -0.2) is 24.0 Å². The first-order chi connectivity index (χ1) is 14.5. The van der Waals surface area contributed by atoms with E-state index in [0.717, 1.165) is 41.3 Å². The number of urea groups is 1. The lowest BCUT2D eigenvalue weighted by molar-refractivity contribution is -0.124. The van der Waals surface area contributed by atoms with Gasteiger partial charge in [-0.2, -0.15) is 0 Å². The number of aromatic nitrogens is 1. The van der Waals surface area contributed by atoms with Gasteiger partial charge in [0.05, 0.1) is 0 Å². The Balaban J connectivity index is 1.54. The quantitative estimate of drug-likeness (QED) is 0.619. The predicted octanol–water partition coefficient (Wildman–Crippen LogP) is 3.92. The Morgan fingerprint density at radius 1 is 1.00 bits per heavy atom. The molecule has 1 saturated carbocycles. The Kier molecular flexibility index (Phi) is 5.65. The number of H-pyrrole nitrogens is 1. The van der Waals surface area contributed by atoms with Crippen LogP contribution in [-0.2, 0) is 4.79 Å². The second-order valence-electron chi connectivity index (χ2n) is 7.85. The topological polar surface area (TPSA) is 91.1 Å². The Bertz CT molecular complexity index is 1150. The van der Waals surface area contributed by atoms with Crippen molar-refractivity contribution in [1.82, 2.24) is 15.6 Å². The van der Waals surface area contributed by atoms with Crippen LogP contribution in [0.5, 0.6) is 0 Å². The molecule has 3 amide bonds. The van der Waals surface area contributed by atoms with Crippen LogP contribution in [0, 0.1) is 5.92 Å². The molecule has 0 bridgehead atoms. The van der Waals surface area contributed by atoms with Gasteiger partial charge in [-0.3, -0.25) is 14.9 Å². The van der Waals surface area contributed by atoms with E-state index in [1.807, 2.05) is 36.4 Å². The van der Waals surface area contributed by atoms with Gasteiger partial charge in [-0.05, 0) is 53.6 Å². The van der Waals surface area contributed by atoms with E-state index < -0.39 is 6.03 Å². The smallest absolute Gasteiger partial charge is 0.321 e. The van der Waals surface area contributed by atoms with E-state index in [1.54, 1.807) is 0 Å². The molecule has 0 radical (unpaired) electrons. The van der Waals surface area contributed by atoms with Crippen molar-refractivity contribution < 1.29 is 9.59 Å².